The highest BCUT2D eigenvalue weighted by molar-refractivity contribution is 7.98. The van der Waals surface area contributed by atoms with Gasteiger partial charge in [0.05, 0.1) is 12.5 Å². The van der Waals surface area contributed by atoms with Crippen LogP contribution in [0.3, 0.4) is 0 Å². The average molecular weight is 484 g/mol. The highest BCUT2D eigenvalue weighted by atomic mass is 32.2. The fourth-order valence-corrected chi connectivity index (χ4v) is 4.80. The summed E-state index contributed by atoms with van der Waals surface area (Å²) in [6.45, 7) is 4.01. The van der Waals surface area contributed by atoms with E-state index in [1.807, 2.05) is 11.9 Å². The molecule has 2 amide bonds. The average Bonchev–Trinajstić information content (AvgIpc) is 3.32. The van der Waals surface area contributed by atoms with Gasteiger partial charge in [-0.3, -0.25) is 25.6 Å². The Morgan fingerprint density at radius 3 is 2.73 bits per heavy atom. The molecule has 184 valence electrons. The van der Waals surface area contributed by atoms with Crippen molar-refractivity contribution in [2.45, 2.75) is 50.2 Å². The number of amides is 2. The van der Waals surface area contributed by atoms with Crippen LogP contribution in [-0.4, -0.2) is 83.0 Å². The largest absolute Gasteiger partial charge is 0.351 e. The summed E-state index contributed by atoms with van der Waals surface area (Å²) in [4.78, 5) is 36.4. The van der Waals surface area contributed by atoms with E-state index in [2.05, 4.69) is 32.6 Å². The van der Waals surface area contributed by atoms with Crippen LogP contribution in [0, 0.1) is 17.7 Å². The highest BCUT2D eigenvalue weighted by Crippen LogP contribution is 2.31. The van der Waals surface area contributed by atoms with Gasteiger partial charge < -0.3 is 9.80 Å². The van der Waals surface area contributed by atoms with Gasteiger partial charge in [-0.05, 0) is 32.6 Å². The number of aromatic nitrogens is 2. The molecule has 0 bridgehead atoms. The molecule has 12 heteroatoms. The first-order chi connectivity index (χ1) is 15.8. The third-order valence-corrected chi connectivity index (χ3v) is 7.10. The van der Waals surface area contributed by atoms with Crippen molar-refractivity contribution in [3.8, 4) is 0 Å². The van der Waals surface area contributed by atoms with Crippen molar-refractivity contribution >= 4 is 35.7 Å². The maximum atomic E-state index is 15.3. The van der Waals surface area contributed by atoms with Crippen molar-refractivity contribution < 1.29 is 19.2 Å². The Bertz CT molecular complexity index is 827. The molecule has 1 aromatic heterocycles. The van der Waals surface area contributed by atoms with Crippen molar-refractivity contribution in [2.75, 3.05) is 49.8 Å². The molecule has 3 N–H and O–H groups in total. The van der Waals surface area contributed by atoms with Crippen LogP contribution >= 0.6 is 11.8 Å². The van der Waals surface area contributed by atoms with E-state index >= 15 is 4.39 Å². The van der Waals surface area contributed by atoms with Gasteiger partial charge in [-0.25, -0.2) is 15.0 Å². The second-order valence-corrected chi connectivity index (χ2v) is 9.67. The Morgan fingerprint density at radius 2 is 2.09 bits per heavy atom. The van der Waals surface area contributed by atoms with Crippen molar-refractivity contribution in [3.63, 3.8) is 0 Å². The summed E-state index contributed by atoms with van der Waals surface area (Å²) in [5, 5.41) is 10.5. The molecule has 0 radical (unpaired) electrons. The smallest absolute Gasteiger partial charge is 0.243 e. The molecule has 1 saturated carbocycles. The molecule has 0 aromatic carbocycles. The zero-order chi connectivity index (χ0) is 24.0. The van der Waals surface area contributed by atoms with Gasteiger partial charge >= 0.3 is 0 Å². The number of hydrogen-bond acceptors (Lipinski definition) is 9. The normalized spacial score (nSPS) is 20.5. The number of hydroxylamine groups is 2. The van der Waals surface area contributed by atoms with Crippen LogP contribution in [0.15, 0.2) is 5.16 Å². The first kappa shape index (κ1) is 25.4. The van der Waals surface area contributed by atoms with Crippen LogP contribution in [0.1, 0.15) is 39.0 Å². The number of thioether (sulfide) groups is 1. The third kappa shape index (κ3) is 6.67. The summed E-state index contributed by atoms with van der Waals surface area (Å²) < 4.78 is 15.3. The molecule has 1 aliphatic carbocycles. The van der Waals surface area contributed by atoms with E-state index in [4.69, 9.17) is 0 Å². The Kier molecular flexibility index (Phi) is 9.10. The SMILES string of the molecule is CSc1nc(NNC(=O)[C@H](CC2CCCC2)CN(O)C=O)c(F)c(N2CCN(C)[C@@H](C)C2)n1. The van der Waals surface area contributed by atoms with Gasteiger partial charge in [0.25, 0.3) is 0 Å². The minimum absolute atomic E-state index is 0.111. The van der Waals surface area contributed by atoms with Gasteiger partial charge in [0.15, 0.2) is 16.8 Å². The van der Waals surface area contributed by atoms with Crippen molar-refractivity contribution in [1.82, 2.24) is 25.4 Å². The molecule has 0 unspecified atom stereocenters. The molecule has 10 nitrogen and oxygen atoms in total. The Labute approximate surface area is 198 Å². The summed E-state index contributed by atoms with van der Waals surface area (Å²) >= 11 is 1.29. The molecule has 3 rings (SSSR count). The van der Waals surface area contributed by atoms with Crippen molar-refractivity contribution in [3.05, 3.63) is 5.82 Å². The molecule has 2 aliphatic rings. The Hall–Kier alpha value is -2.18. The van der Waals surface area contributed by atoms with Crippen LogP contribution in [0.2, 0.25) is 0 Å². The van der Waals surface area contributed by atoms with Gasteiger partial charge in [0.2, 0.25) is 18.1 Å². The summed E-state index contributed by atoms with van der Waals surface area (Å²) in [5.74, 6) is -1.23. The lowest BCUT2D eigenvalue weighted by Crippen LogP contribution is -2.50. The van der Waals surface area contributed by atoms with Crippen LogP contribution in [-0.2, 0) is 9.59 Å². The fourth-order valence-electron chi connectivity index (χ4n) is 4.44. The van der Waals surface area contributed by atoms with Crippen LogP contribution in [0.4, 0.5) is 16.0 Å². The van der Waals surface area contributed by atoms with E-state index in [1.54, 1.807) is 6.26 Å². The van der Waals surface area contributed by atoms with Gasteiger partial charge in [-0.2, -0.15) is 4.39 Å². The molecular weight excluding hydrogens is 449 g/mol. The number of anilines is 2. The zero-order valence-corrected chi connectivity index (χ0v) is 20.3. The monoisotopic (exact) mass is 483 g/mol. The summed E-state index contributed by atoms with van der Waals surface area (Å²) in [6.07, 6.45) is 6.91. The summed E-state index contributed by atoms with van der Waals surface area (Å²) in [6, 6.07) is 0.248. The molecule has 0 spiro atoms. The molecule has 2 fully saturated rings. The number of halogens is 1. The number of nitrogens with one attached hydrogen (secondary N) is 2. The topological polar surface area (TPSA) is 114 Å². The Balaban J connectivity index is 1.72. The standard InChI is InChI=1S/C21H34FN7O3S/c1-14-11-28(9-8-27(14)2)19-17(22)18(23-21(24-19)33-3)25-26-20(31)16(12-29(32)13-30)10-15-6-4-5-7-15/h13-16,32H,4-12H2,1-3H3,(H,26,31)(H,23,24,25)/t14-,16+/m0/s1. The molecule has 1 saturated heterocycles. The van der Waals surface area contributed by atoms with E-state index in [0.29, 0.717) is 35.6 Å². The maximum absolute atomic E-state index is 15.3. The number of hydrazine groups is 1. The second-order valence-electron chi connectivity index (χ2n) is 8.90. The summed E-state index contributed by atoms with van der Waals surface area (Å²) in [5.41, 5.74) is 5.15. The number of carbonyl (C=O) groups excluding carboxylic acids is 2. The minimum atomic E-state index is -0.631. The maximum Gasteiger partial charge on any atom is 0.243 e. The highest BCUT2D eigenvalue weighted by Gasteiger charge is 2.29. The quantitative estimate of drug-likeness (QED) is 0.151. The zero-order valence-electron chi connectivity index (χ0n) is 19.5. The lowest BCUT2D eigenvalue weighted by atomic mass is 9.92. The number of nitrogens with zero attached hydrogens (tertiary/aromatic N) is 5. The molecule has 2 heterocycles. The lowest BCUT2D eigenvalue weighted by molar-refractivity contribution is -0.154. The van der Waals surface area contributed by atoms with E-state index in [9.17, 15) is 14.8 Å². The molecule has 33 heavy (non-hydrogen) atoms. The van der Waals surface area contributed by atoms with Crippen LogP contribution in [0.25, 0.3) is 0 Å². The minimum Gasteiger partial charge on any atom is -0.351 e. The van der Waals surface area contributed by atoms with Gasteiger partial charge in [0.1, 0.15) is 0 Å². The first-order valence-corrected chi connectivity index (χ1v) is 12.6. The van der Waals surface area contributed by atoms with Crippen molar-refractivity contribution in [1.29, 1.82) is 0 Å². The van der Waals surface area contributed by atoms with Gasteiger partial charge in [-0.15, -0.1) is 0 Å². The van der Waals surface area contributed by atoms with E-state index in [-0.39, 0.29) is 30.6 Å². The number of rotatable bonds is 10. The molecule has 1 aromatic rings. The van der Waals surface area contributed by atoms with Crippen molar-refractivity contribution in [2.24, 2.45) is 11.8 Å². The first-order valence-electron chi connectivity index (χ1n) is 11.4. The predicted octanol–water partition coefficient (Wildman–Crippen LogP) is 1.97. The number of likely N-dealkylation sites (N-methyl/N-ethyl adjacent to an activating group) is 1. The van der Waals surface area contributed by atoms with Gasteiger partial charge in [0, 0.05) is 25.7 Å². The number of piperazine rings is 1. The van der Waals surface area contributed by atoms with Crippen LogP contribution in [0.5, 0.6) is 0 Å². The van der Waals surface area contributed by atoms with E-state index in [0.717, 1.165) is 32.2 Å². The second kappa shape index (κ2) is 11.8. The van der Waals surface area contributed by atoms with E-state index in [1.165, 1.54) is 11.8 Å². The molecular formula is C21H34FN7O3S. The predicted molar refractivity (Wildman–Crippen MR) is 124 cm³/mol. The lowest BCUT2D eigenvalue weighted by Gasteiger charge is -2.38. The molecule has 1 aliphatic heterocycles. The van der Waals surface area contributed by atoms with Crippen LogP contribution < -0.4 is 15.8 Å². The third-order valence-electron chi connectivity index (χ3n) is 6.55. The Morgan fingerprint density at radius 1 is 1.36 bits per heavy atom. The molecule has 2 atom stereocenters. The van der Waals surface area contributed by atoms with Gasteiger partial charge in [-0.1, -0.05) is 37.4 Å². The van der Waals surface area contributed by atoms with E-state index < -0.39 is 17.6 Å². The number of carbonyl (C=O) groups is 2. The fraction of sp³-hybridized carbons (Fsp3) is 0.714. The summed E-state index contributed by atoms with van der Waals surface area (Å²) in [7, 11) is 2.04. The number of hydrogen-bond donors (Lipinski definition) is 3.